The number of benzene rings is 1. The molecule has 0 bridgehead atoms. The maximum atomic E-state index is 12.0. The van der Waals surface area contributed by atoms with Crippen LogP contribution in [0.1, 0.15) is 5.56 Å². The van der Waals surface area contributed by atoms with Crippen LogP contribution in [0, 0.1) is 0 Å². The second kappa shape index (κ2) is 8.19. The number of aldehydes is 1. The molecule has 1 aliphatic rings. The second-order valence-electron chi connectivity index (χ2n) is 4.74. The van der Waals surface area contributed by atoms with Crippen LogP contribution in [-0.2, 0) is 20.7 Å². The Morgan fingerprint density at radius 2 is 2.00 bits per heavy atom. The minimum Gasteiger partial charge on any atom is -0.379 e. The summed E-state index contributed by atoms with van der Waals surface area (Å²) in [6.07, 6.45) is 1.47. The van der Waals surface area contributed by atoms with Crippen molar-refractivity contribution in [2.75, 3.05) is 32.8 Å². The van der Waals surface area contributed by atoms with Gasteiger partial charge < -0.3 is 9.53 Å². The van der Waals surface area contributed by atoms with Gasteiger partial charge in [0.05, 0.1) is 25.0 Å². The molecule has 1 saturated heterocycles. The molecule has 5 heteroatoms. The van der Waals surface area contributed by atoms with Crippen LogP contribution in [0.15, 0.2) is 30.3 Å². The van der Waals surface area contributed by atoms with Gasteiger partial charge in [0.15, 0.2) is 0 Å². The Hall–Kier alpha value is -1.17. The Labute approximate surface area is 123 Å². The molecule has 1 atom stereocenters. The Morgan fingerprint density at radius 1 is 1.30 bits per heavy atom. The topological polar surface area (TPSA) is 46.6 Å². The molecule has 0 radical (unpaired) electrons. The molecule has 108 valence electrons. The summed E-state index contributed by atoms with van der Waals surface area (Å²) in [5.41, 5.74) is 1.08. The molecule has 0 N–H and O–H groups in total. The maximum Gasteiger partial charge on any atom is 0.203 e. The van der Waals surface area contributed by atoms with Gasteiger partial charge in [-0.15, -0.1) is 0 Å². The van der Waals surface area contributed by atoms with E-state index in [1.165, 1.54) is 0 Å². The normalized spacial score (nSPS) is 17.6. The molecular formula is C15H19NO3S. The fourth-order valence-corrected chi connectivity index (χ4v) is 3.04. The van der Waals surface area contributed by atoms with Gasteiger partial charge in [0.25, 0.3) is 0 Å². The highest BCUT2D eigenvalue weighted by atomic mass is 32.2. The highest BCUT2D eigenvalue weighted by Gasteiger charge is 2.18. The van der Waals surface area contributed by atoms with Gasteiger partial charge in [-0.25, -0.2) is 0 Å². The van der Waals surface area contributed by atoms with E-state index in [1.807, 2.05) is 30.3 Å². The lowest BCUT2D eigenvalue weighted by Gasteiger charge is -2.25. The van der Waals surface area contributed by atoms with Gasteiger partial charge >= 0.3 is 0 Å². The summed E-state index contributed by atoms with van der Waals surface area (Å²) in [5.74, 6) is 0. The third kappa shape index (κ3) is 5.07. The molecule has 0 unspecified atom stereocenters. The number of morpholine rings is 1. The summed E-state index contributed by atoms with van der Waals surface area (Å²) < 4.78 is 5.25. The number of hydrogen-bond acceptors (Lipinski definition) is 5. The monoisotopic (exact) mass is 293 g/mol. The SMILES string of the molecule is O=C[C@H](Cc1ccccc1)SC(=O)CN1CCOCC1. The first-order valence-electron chi connectivity index (χ1n) is 6.77. The van der Waals surface area contributed by atoms with Gasteiger partial charge in [-0.1, -0.05) is 42.1 Å². The van der Waals surface area contributed by atoms with E-state index in [0.717, 1.165) is 36.7 Å². The lowest BCUT2D eigenvalue weighted by Crippen LogP contribution is -2.39. The quantitative estimate of drug-likeness (QED) is 0.742. The molecule has 0 saturated carbocycles. The van der Waals surface area contributed by atoms with Crippen LogP contribution in [0.4, 0.5) is 0 Å². The van der Waals surface area contributed by atoms with Crippen LogP contribution >= 0.6 is 11.8 Å². The average molecular weight is 293 g/mol. The molecule has 1 fully saturated rings. The van der Waals surface area contributed by atoms with Gasteiger partial charge in [0.1, 0.15) is 6.29 Å². The third-order valence-corrected chi connectivity index (χ3v) is 4.14. The van der Waals surface area contributed by atoms with Crippen molar-refractivity contribution in [2.24, 2.45) is 0 Å². The summed E-state index contributed by atoms with van der Waals surface area (Å²) in [7, 11) is 0. The summed E-state index contributed by atoms with van der Waals surface area (Å²) in [4.78, 5) is 25.2. The Morgan fingerprint density at radius 3 is 2.65 bits per heavy atom. The van der Waals surface area contributed by atoms with Crippen molar-refractivity contribution in [3.8, 4) is 0 Å². The van der Waals surface area contributed by atoms with Crippen molar-refractivity contribution < 1.29 is 14.3 Å². The fraction of sp³-hybridized carbons (Fsp3) is 0.467. The number of rotatable bonds is 6. The van der Waals surface area contributed by atoms with E-state index < -0.39 is 0 Å². The first-order valence-corrected chi connectivity index (χ1v) is 7.64. The molecule has 2 rings (SSSR count). The molecule has 1 aromatic rings. The molecule has 0 amide bonds. The van der Waals surface area contributed by atoms with E-state index in [4.69, 9.17) is 4.74 Å². The summed E-state index contributed by atoms with van der Waals surface area (Å²) >= 11 is 1.14. The summed E-state index contributed by atoms with van der Waals surface area (Å²) in [6.45, 7) is 3.33. The molecule has 1 aliphatic heterocycles. The van der Waals surface area contributed by atoms with Gasteiger partial charge in [0, 0.05) is 13.1 Å². The van der Waals surface area contributed by atoms with E-state index in [9.17, 15) is 9.59 Å². The first kappa shape index (κ1) is 15.2. The largest absolute Gasteiger partial charge is 0.379 e. The van der Waals surface area contributed by atoms with Crippen molar-refractivity contribution in [2.45, 2.75) is 11.7 Å². The average Bonchev–Trinajstić information content (AvgIpc) is 2.48. The van der Waals surface area contributed by atoms with Crippen molar-refractivity contribution in [1.29, 1.82) is 0 Å². The number of carbonyl (C=O) groups is 2. The number of nitrogens with zero attached hydrogens (tertiary/aromatic N) is 1. The number of hydrogen-bond donors (Lipinski definition) is 0. The lowest BCUT2D eigenvalue weighted by atomic mass is 10.1. The van der Waals surface area contributed by atoms with Gasteiger partial charge in [-0.2, -0.15) is 0 Å². The molecular weight excluding hydrogens is 274 g/mol. The minimum absolute atomic E-state index is 0.0555. The van der Waals surface area contributed by atoms with Crippen LogP contribution < -0.4 is 0 Å². The second-order valence-corrected chi connectivity index (χ2v) is 6.04. The molecule has 0 spiro atoms. The molecule has 4 nitrogen and oxygen atoms in total. The lowest BCUT2D eigenvalue weighted by molar-refractivity contribution is -0.113. The Kier molecular flexibility index (Phi) is 6.24. The molecule has 0 aliphatic carbocycles. The van der Waals surface area contributed by atoms with Crippen molar-refractivity contribution in [3.63, 3.8) is 0 Å². The Bertz CT molecular complexity index is 432. The predicted molar refractivity (Wildman–Crippen MR) is 79.9 cm³/mol. The summed E-state index contributed by atoms with van der Waals surface area (Å²) in [5, 5.41) is -0.245. The van der Waals surface area contributed by atoms with Crippen LogP contribution in [-0.4, -0.2) is 54.4 Å². The zero-order chi connectivity index (χ0) is 14.2. The van der Waals surface area contributed by atoms with Crippen LogP contribution in [0.2, 0.25) is 0 Å². The number of thioether (sulfide) groups is 1. The van der Waals surface area contributed by atoms with Crippen LogP contribution in [0.5, 0.6) is 0 Å². The molecule has 0 aromatic heterocycles. The predicted octanol–water partition coefficient (Wildman–Crippen LogP) is 1.39. The van der Waals surface area contributed by atoms with Gasteiger partial charge in [0.2, 0.25) is 5.12 Å². The number of ether oxygens (including phenoxy) is 1. The molecule has 1 aromatic carbocycles. The van der Waals surface area contributed by atoms with Crippen LogP contribution in [0.3, 0.4) is 0 Å². The summed E-state index contributed by atoms with van der Waals surface area (Å²) in [6, 6.07) is 9.78. The maximum absolute atomic E-state index is 12.0. The number of carbonyl (C=O) groups excluding carboxylic acids is 2. The van der Waals surface area contributed by atoms with Crippen molar-refractivity contribution >= 4 is 23.2 Å². The van der Waals surface area contributed by atoms with E-state index in [-0.39, 0.29) is 10.4 Å². The Balaban J connectivity index is 1.80. The minimum atomic E-state index is -0.300. The van der Waals surface area contributed by atoms with Gasteiger partial charge in [-0.05, 0) is 12.0 Å². The third-order valence-electron chi connectivity index (χ3n) is 3.17. The zero-order valence-electron chi connectivity index (χ0n) is 11.4. The highest BCUT2D eigenvalue weighted by Crippen LogP contribution is 2.16. The molecule has 1 heterocycles. The standard InChI is InChI=1S/C15H19NO3S/c17-12-14(10-13-4-2-1-3-5-13)20-15(18)11-16-6-8-19-9-7-16/h1-5,12,14H,6-11H2/t14-/m0/s1. The smallest absolute Gasteiger partial charge is 0.203 e. The van der Waals surface area contributed by atoms with E-state index in [0.29, 0.717) is 26.2 Å². The van der Waals surface area contributed by atoms with E-state index in [2.05, 4.69) is 4.90 Å². The highest BCUT2D eigenvalue weighted by molar-refractivity contribution is 8.14. The van der Waals surface area contributed by atoms with Crippen LogP contribution in [0.25, 0.3) is 0 Å². The fourth-order valence-electron chi connectivity index (χ4n) is 2.11. The van der Waals surface area contributed by atoms with E-state index in [1.54, 1.807) is 0 Å². The zero-order valence-corrected chi connectivity index (χ0v) is 12.2. The molecule has 20 heavy (non-hydrogen) atoms. The first-order chi connectivity index (χ1) is 9.78. The van der Waals surface area contributed by atoms with Gasteiger partial charge in [-0.3, -0.25) is 9.69 Å². The van der Waals surface area contributed by atoms with Crippen molar-refractivity contribution in [3.05, 3.63) is 35.9 Å². The van der Waals surface area contributed by atoms with E-state index >= 15 is 0 Å². The van der Waals surface area contributed by atoms with Crippen molar-refractivity contribution in [1.82, 2.24) is 4.90 Å².